The Kier molecular flexibility index (Phi) is 6.09. The van der Waals surface area contributed by atoms with Crippen molar-refractivity contribution in [3.63, 3.8) is 0 Å². The van der Waals surface area contributed by atoms with Crippen molar-refractivity contribution in [2.24, 2.45) is 5.41 Å². The molecule has 1 heterocycles. The van der Waals surface area contributed by atoms with Gasteiger partial charge in [-0.1, -0.05) is 20.3 Å². The van der Waals surface area contributed by atoms with Gasteiger partial charge in [0.05, 0.1) is 6.61 Å². The highest BCUT2D eigenvalue weighted by Crippen LogP contribution is 2.31. The molecule has 1 rings (SSSR count). The number of hydrogen-bond acceptors (Lipinski definition) is 3. The molecule has 0 spiro atoms. The Balaban J connectivity index is 2.70. The maximum absolute atomic E-state index is 11.5. The summed E-state index contributed by atoms with van der Waals surface area (Å²) in [7, 11) is 0. The zero-order chi connectivity index (χ0) is 13.6. The van der Waals surface area contributed by atoms with Crippen LogP contribution in [0.5, 0.6) is 0 Å². The van der Waals surface area contributed by atoms with E-state index in [2.05, 4.69) is 25.7 Å². The first-order valence-corrected chi connectivity index (χ1v) is 7.11. The van der Waals surface area contributed by atoms with Crippen LogP contribution >= 0.6 is 0 Å². The summed E-state index contributed by atoms with van der Waals surface area (Å²) in [5, 5.41) is 9.49. The molecule has 0 aromatic heterocycles. The first-order valence-electron chi connectivity index (χ1n) is 7.11. The molecular formula is C14H27NO3. The lowest BCUT2D eigenvalue weighted by molar-refractivity contribution is -0.150. The lowest BCUT2D eigenvalue weighted by Crippen LogP contribution is -2.47. The SMILES string of the molecule is CCCCN(CC1(C(=O)O)CCOC1)C(C)CC. The van der Waals surface area contributed by atoms with E-state index in [0.29, 0.717) is 32.2 Å². The van der Waals surface area contributed by atoms with Gasteiger partial charge in [-0.3, -0.25) is 9.69 Å². The van der Waals surface area contributed by atoms with Gasteiger partial charge in [0, 0.05) is 19.2 Å². The van der Waals surface area contributed by atoms with Crippen molar-refractivity contribution in [2.75, 3.05) is 26.3 Å². The van der Waals surface area contributed by atoms with Gasteiger partial charge in [0.1, 0.15) is 5.41 Å². The van der Waals surface area contributed by atoms with E-state index in [9.17, 15) is 9.90 Å². The standard InChI is InChI=1S/C14H27NO3/c1-4-6-8-15(12(3)5-2)10-14(13(16)17)7-9-18-11-14/h12H,4-11H2,1-3H3,(H,16,17). The summed E-state index contributed by atoms with van der Waals surface area (Å²) in [4.78, 5) is 13.9. The van der Waals surface area contributed by atoms with E-state index < -0.39 is 11.4 Å². The monoisotopic (exact) mass is 257 g/mol. The number of rotatable bonds is 8. The van der Waals surface area contributed by atoms with Crippen molar-refractivity contribution >= 4 is 5.97 Å². The molecule has 106 valence electrons. The molecule has 4 heteroatoms. The number of carbonyl (C=O) groups is 1. The summed E-state index contributed by atoms with van der Waals surface area (Å²) >= 11 is 0. The van der Waals surface area contributed by atoms with Crippen LogP contribution in [0.3, 0.4) is 0 Å². The minimum Gasteiger partial charge on any atom is -0.481 e. The molecule has 1 saturated heterocycles. The average molecular weight is 257 g/mol. The fourth-order valence-corrected chi connectivity index (χ4v) is 2.43. The molecule has 2 atom stereocenters. The van der Waals surface area contributed by atoms with Crippen LogP contribution < -0.4 is 0 Å². The van der Waals surface area contributed by atoms with Gasteiger partial charge in [0.15, 0.2) is 0 Å². The Morgan fingerprint density at radius 2 is 2.22 bits per heavy atom. The highest BCUT2D eigenvalue weighted by molar-refractivity contribution is 5.75. The van der Waals surface area contributed by atoms with Crippen molar-refractivity contribution < 1.29 is 14.6 Å². The Hall–Kier alpha value is -0.610. The van der Waals surface area contributed by atoms with Crippen LogP contribution in [-0.2, 0) is 9.53 Å². The van der Waals surface area contributed by atoms with Crippen molar-refractivity contribution in [3.8, 4) is 0 Å². The summed E-state index contributed by atoms with van der Waals surface area (Å²) in [6.07, 6.45) is 3.96. The molecule has 1 aliphatic rings. The minimum absolute atomic E-state index is 0.362. The molecular weight excluding hydrogens is 230 g/mol. The van der Waals surface area contributed by atoms with Crippen LogP contribution in [0.1, 0.15) is 46.5 Å². The highest BCUT2D eigenvalue weighted by Gasteiger charge is 2.44. The van der Waals surface area contributed by atoms with E-state index in [1.54, 1.807) is 0 Å². The van der Waals surface area contributed by atoms with Crippen LogP contribution in [-0.4, -0.2) is 48.3 Å². The Morgan fingerprint density at radius 1 is 1.50 bits per heavy atom. The van der Waals surface area contributed by atoms with Crippen LogP contribution in [0.25, 0.3) is 0 Å². The van der Waals surface area contributed by atoms with E-state index in [0.717, 1.165) is 25.8 Å². The molecule has 18 heavy (non-hydrogen) atoms. The lowest BCUT2D eigenvalue weighted by Gasteiger charge is -2.35. The van der Waals surface area contributed by atoms with E-state index in [-0.39, 0.29) is 0 Å². The molecule has 0 aliphatic carbocycles. The second kappa shape index (κ2) is 7.10. The molecule has 0 saturated carbocycles. The van der Waals surface area contributed by atoms with Crippen LogP contribution in [0.2, 0.25) is 0 Å². The molecule has 0 bridgehead atoms. The number of nitrogens with zero attached hydrogens (tertiary/aromatic N) is 1. The van der Waals surface area contributed by atoms with E-state index >= 15 is 0 Å². The molecule has 1 aliphatic heterocycles. The quantitative estimate of drug-likeness (QED) is 0.725. The third-order valence-electron chi connectivity index (χ3n) is 4.08. The Bertz CT molecular complexity index is 262. The van der Waals surface area contributed by atoms with Crippen molar-refractivity contribution in [1.29, 1.82) is 0 Å². The molecule has 0 aromatic carbocycles. The third-order valence-corrected chi connectivity index (χ3v) is 4.08. The smallest absolute Gasteiger partial charge is 0.313 e. The number of carboxylic acid groups (broad SMARTS) is 1. The van der Waals surface area contributed by atoms with Gasteiger partial charge >= 0.3 is 5.97 Å². The zero-order valence-corrected chi connectivity index (χ0v) is 11.9. The third kappa shape index (κ3) is 3.69. The van der Waals surface area contributed by atoms with Gasteiger partial charge in [-0.05, 0) is 32.7 Å². The fourth-order valence-electron chi connectivity index (χ4n) is 2.43. The van der Waals surface area contributed by atoms with Gasteiger partial charge in [-0.2, -0.15) is 0 Å². The van der Waals surface area contributed by atoms with Crippen molar-refractivity contribution in [3.05, 3.63) is 0 Å². The van der Waals surface area contributed by atoms with E-state index in [1.807, 2.05) is 0 Å². The summed E-state index contributed by atoms with van der Waals surface area (Å²) in [6, 6.07) is 0.438. The average Bonchev–Trinajstić information content (AvgIpc) is 2.83. The summed E-state index contributed by atoms with van der Waals surface area (Å²) in [6.45, 7) is 9.05. The van der Waals surface area contributed by atoms with Crippen LogP contribution in [0.15, 0.2) is 0 Å². The maximum Gasteiger partial charge on any atom is 0.313 e. The second-order valence-corrected chi connectivity index (χ2v) is 5.47. The van der Waals surface area contributed by atoms with Gasteiger partial charge in [0.2, 0.25) is 0 Å². The van der Waals surface area contributed by atoms with E-state index in [1.165, 1.54) is 0 Å². The second-order valence-electron chi connectivity index (χ2n) is 5.47. The summed E-state index contributed by atoms with van der Waals surface area (Å²) in [5.74, 6) is -0.704. The Morgan fingerprint density at radius 3 is 2.67 bits per heavy atom. The summed E-state index contributed by atoms with van der Waals surface area (Å²) < 4.78 is 5.33. The number of hydrogen-bond donors (Lipinski definition) is 1. The van der Waals surface area contributed by atoms with Gasteiger partial charge in [-0.25, -0.2) is 0 Å². The normalized spacial score (nSPS) is 25.6. The number of carboxylic acids is 1. The number of ether oxygens (including phenoxy) is 1. The van der Waals surface area contributed by atoms with Crippen molar-refractivity contribution in [1.82, 2.24) is 4.90 Å². The molecule has 0 radical (unpaired) electrons. The first kappa shape index (κ1) is 15.4. The maximum atomic E-state index is 11.5. The molecule has 1 N–H and O–H groups in total. The van der Waals surface area contributed by atoms with Gasteiger partial charge in [-0.15, -0.1) is 0 Å². The fraction of sp³-hybridized carbons (Fsp3) is 0.929. The van der Waals surface area contributed by atoms with Crippen LogP contribution in [0.4, 0.5) is 0 Å². The predicted molar refractivity (Wildman–Crippen MR) is 71.7 cm³/mol. The largest absolute Gasteiger partial charge is 0.481 e. The molecule has 0 amide bonds. The van der Waals surface area contributed by atoms with Gasteiger partial charge in [0.25, 0.3) is 0 Å². The highest BCUT2D eigenvalue weighted by atomic mass is 16.5. The number of aliphatic carboxylic acids is 1. The van der Waals surface area contributed by atoms with Gasteiger partial charge < -0.3 is 9.84 Å². The van der Waals surface area contributed by atoms with Crippen LogP contribution in [0, 0.1) is 5.41 Å². The molecule has 0 aromatic rings. The predicted octanol–water partition coefficient (Wildman–Crippen LogP) is 2.38. The first-order chi connectivity index (χ1) is 8.55. The molecule has 1 fully saturated rings. The molecule has 2 unspecified atom stereocenters. The van der Waals surface area contributed by atoms with Crippen molar-refractivity contribution in [2.45, 2.75) is 52.5 Å². The topological polar surface area (TPSA) is 49.8 Å². The Labute approximate surface area is 110 Å². The summed E-state index contributed by atoms with van der Waals surface area (Å²) in [5.41, 5.74) is -0.683. The number of unbranched alkanes of at least 4 members (excludes halogenated alkanes) is 1. The minimum atomic E-state index is -0.704. The lowest BCUT2D eigenvalue weighted by atomic mass is 9.86. The van der Waals surface area contributed by atoms with E-state index in [4.69, 9.17) is 4.74 Å². The zero-order valence-electron chi connectivity index (χ0n) is 11.9. The molecule has 4 nitrogen and oxygen atoms in total.